The molecule has 1 amide bonds. The van der Waals surface area contributed by atoms with E-state index in [9.17, 15) is 29.1 Å². The molecule has 0 radical (unpaired) electrons. The fourth-order valence-electron chi connectivity index (χ4n) is 3.95. The van der Waals surface area contributed by atoms with Gasteiger partial charge in [-0.2, -0.15) is 0 Å². The van der Waals surface area contributed by atoms with E-state index in [1.54, 1.807) is 62.8 Å². The number of aliphatic hydroxyl groups is 1. The predicted octanol–water partition coefficient (Wildman–Crippen LogP) is -14.8. The summed E-state index contributed by atoms with van der Waals surface area (Å²) in [6.07, 6.45) is 16.2. The molecule has 6 heterocycles. The quantitative estimate of drug-likeness (QED) is 0.0757. The Bertz CT molecular complexity index is 1390. The first-order valence-corrected chi connectivity index (χ1v) is 14.9. The van der Waals surface area contributed by atoms with E-state index < -0.39 is 11.9 Å². The van der Waals surface area contributed by atoms with Crippen molar-refractivity contribution in [3.8, 4) is 0 Å². The van der Waals surface area contributed by atoms with Gasteiger partial charge in [0.15, 0.2) is 12.2 Å². The molecule has 26 heteroatoms. The number of nitrogens with zero attached hydrogens (tertiary/aromatic N) is 6. The maximum absolute atomic E-state index is 11.7. The van der Waals surface area contributed by atoms with Gasteiger partial charge in [-0.15, -0.1) is 15.4 Å². The van der Waals surface area contributed by atoms with Crippen LogP contribution >= 0.6 is 0 Å². The van der Waals surface area contributed by atoms with E-state index in [1.807, 2.05) is 30.6 Å². The third-order valence-corrected chi connectivity index (χ3v) is 6.06. The van der Waals surface area contributed by atoms with E-state index >= 15 is 0 Å². The number of hydrazine groups is 6. The van der Waals surface area contributed by atoms with Crippen molar-refractivity contribution < 1.29 is 115 Å². The Hall–Kier alpha value is -4.21. The van der Waals surface area contributed by atoms with Gasteiger partial charge in [0, 0.05) is 31.9 Å². The molecule has 6 aliphatic heterocycles. The first-order valence-electron chi connectivity index (χ1n) is 14.9. The first kappa shape index (κ1) is 56.5. The molecule has 0 saturated heterocycles. The molecule has 0 aromatic rings. The minimum absolute atomic E-state index is 0. The zero-order valence-corrected chi connectivity index (χ0v) is 31.7. The van der Waals surface area contributed by atoms with Gasteiger partial charge in [-0.05, 0) is 32.1 Å². The van der Waals surface area contributed by atoms with Crippen LogP contribution in [0.4, 0.5) is 0 Å². The molecule has 0 aromatic carbocycles. The van der Waals surface area contributed by atoms with Crippen molar-refractivity contribution in [1.29, 1.82) is 0 Å². The molecule has 23 nitrogen and oxygen atoms in total. The average molecular weight is 778 g/mol. The minimum Gasteiger partial charge on any atom is -1.00 e. The predicted molar refractivity (Wildman–Crippen MR) is 171 cm³/mol. The molecule has 0 bridgehead atoms. The van der Waals surface area contributed by atoms with E-state index in [2.05, 4.69) is 36.8 Å². The number of carboxylic acid groups (broad SMARTS) is 1. The number of amides is 1. The van der Waals surface area contributed by atoms with Crippen LogP contribution in [-0.4, -0.2) is 136 Å². The fourth-order valence-corrected chi connectivity index (χ4v) is 3.95. The van der Waals surface area contributed by atoms with Gasteiger partial charge in [0.25, 0.3) is 5.91 Å². The Balaban J connectivity index is -0.000000305. The van der Waals surface area contributed by atoms with Crippen LogP contribution in [0.1, 0.15) is 13.8 Å². The summed E-state index contributed by atoms with van der Waals surface area (Å²) in [5.41, 5.74) is 12.7. The van der Waals surface area contributed by atoms with Crippen LogP contribution in [0.25, 0.3) is 0 Å². The third-order valence-electron chi connectivity index (χ3n) is 6.06. The smallest absolute Gasteiger partial charge is 1.00 e. The van der Waals surface area contributed by atoms with Crippen molar-refractivity contribution in [3.63, 3.8) is 0 Å². The average Bonchev–Trinajstić information content (AvgIpc) is 3.93. The van der Waals surface area contributed by atoms with Crippen molar-refractivity contribution >= 4 is 29.8 Å². The van der Waals surface area contributed by atoms with E-state index in [4.69, 9.17) is 9.84 Å². The number of hydrogen-bond acceptors (Lipinski definition) is 20. The van der Waals surface area contributed by atoms with Crippen LogP contribution in [0.15, 0.2) is 72.5 Å². The topological polar surface area (TPSA) is 313 Å². The Labute approximate surface area is 342 Å². The largest absolute Gasteiger partial charge is 1.00 e. The van der Waals surface area contributed by atoms with Gasteiger partial charge in [-0.25, -0.2) is 9.59 Å². The number of carbonyl (C=O) groups excluding carboxylic acids is 5. The van der Waals surface area contributed by atoms with Crippen molar-refractivity contribution in [3.05, 3.63) is 72.5 Å². The molecule has 0 aliphatic carbocycles. The summed E-state index contributed by atoms with van der Waals surface area (Å²) in [6.45, 7) is 6.49. The van der Waals surface area contributed by atoms with Crippen LogP contribution in [-0.2, 0) is 38.2 Å². The maximum atomic E-state index is 11.7. The molecule has 6 aliphatic rings. The Kier molecular flexibility index (Phi) is 31.6. The van der Waals surface area contributed by atoms with Gasteiger partial charge in [-0.1, -0.05) is 0 Å². The molecular weight excluding hydrogens is 732 g/mol. The zero-order chi connectivity index (χ0) is 36.3. The number of nitrogens with one attached hydrogen (secondary N) is 4. The second-order valence-electron chi connectivity index (χ2n) is 9.33. The number of fused-ring (bicyclic) bond motifs is 3. The SMILES string of the molecule is CCOC(=O)CNC(=O)C1=CN2C=CCN2N1.CCOC(=O)C[NH3+].CO.COC(=O)C1=CN2C=CCN2N1.O.O=C([O-])C1=CN2C=CCN2N1.[Cl-].[Li+].[Li+].[OH-]. The molecule has 0 spiro atoms. The number of aliphatic carboxylic acids is 1. The molecule has 54 heavy (non-hydrogen) atoms. The molecule has 0 saturated carbocycles. The number of esters is 3. The van der Waals surface area contributed by atoms with Crippen LogP contribution in [0.5, 0.6) is 0 Å². The van der Waals surface area contributed by atoms with Crippen molar-refractivity contribution in [1.82, 2.24) is 52.0 Å². The number of carbonyl (C=O) groups is 5. The minimum atomic E-state index is -1.19. The molecule has 0 fully saturated rings. The molecule has 0 unspecified atom stereocenters. The Morgan fingerprint density at radius 1 is 0.778 bits per heavy atom. The molecule has 294 valence electrons. The van der Waals surface area contributed by atoms with Gasteiger partial charge in [0.05, 0.1) is 64.0 Å². The van der Waals surface area contributed by atoms with Gasteiger partial charge < -0.3 is 63.6 Å². The normalized spacial score (nSPS) is 15.6. The van der Waals surface area contributed by atoms with Crippen LogP contribution in [0.3, 0.4) is 0 Å². The van der Waals surface area contributed by atoms with Crippen molar-refractivity contribution in [2.75, 3.05) is 60.2 Å². The van der Waals surface area contributed by atoms with Gasteiger partial charge in [0.2, 0.25) is 0 Å². The number of hydrogen-bond donors (Lipinski definition) is 6. The standard InChI is InChI=1S/C10H14N4O3.C7H9N3O2.C6H7N3O2.C4H9NO2.CH4O.ClH.2Li.2H2O/c1-2-17-9(15)6-11-10(16)8-7-13-4-3-5-14(13)12-8;1-12-7(11)6-5-9-3-2-4-10(9)8-6;10-6(11)5-4-8-2-1-3-9(8)7-5;1-2-7-4(6)3-5;1-2;;;;;/h3-4,7,12H,2,5-6H2,1H3,(H,11,16);2-3,5,8H,4H2,1H3;1-2,4,7H,3H2,(H,10,11);2-3,5H2,1H3;2H,1H3;1H;;;2*1H2/q;;;;;;2*+1;;/p-2. The number of rotatable bonds is 8. The Morgan fingerprint density at radius 3 is 1.54 bits per heavy atom. The summed E-state index contributed by atoms with van der Waals surface area (Å²) >= 11 is 0. The molecule has 11 N–H and O–H groups in total. The maximum Gasteiger partial charge on any atom is 1.00 e. The van der Waals surface area contributed by atoms with E-state index in [0.717, 1.165) is 13.7 Å². The first-order chi connectivity index (χ1) is 23.6. The molecule has 0 aromatic heterocycles. The van der Waals surface area contributed by atoms with E-state index in [-0.39, 0.29) is 97.7 Å². The second-order valence-corrected chi connectivity index (χ2v) is 9.33. The van der Waals surface area contributed by atoms with Gasteiger partial charge in [-0.3, -0.25) is 40.9 Å². The van der Waals surface area contributed by atoms with Crippen LogP contribution in [0.2, 0.25) is 0 Å². The van der Waals surface area contributed by atoms with Gasteiger partial charge in [0.1, 0.15) is 12.2 Å². The fraction of sp³-hybridized carbons (Fsp3) is 0.393. The van der Waals surface area contributed by atoms with E-state index in [0.29, 0.717) is 37.7 Å². The van der Waals surface area contributed by atoms with Crippen molar-refractivity contribution in [2.24, 2.45) is 0 Å². The molecule has 6 rings (SSSR count). The summed E-state index contributed by atoms with van der Waals surface area (Å²) in [6, 6.07) is 0. The molecular formula is C28H46ClLi2N11O12. The second kappa shape index (κ2) is 30.2. The third kappa shape index (κ3) is 17.7. The summed E-state index contributed by atoms with van der Waals surface area (Å²) in [5, 5.41) is 30.2. The summed E-state index contributed by atoms with van der Waals surface area (Å²) in [4.78, 5) is 54.2. The summed E-state index contributed by atoms with van der Waals surface area (Å²) < 4.78 is 13.7. The number of aliphatic hydroxyl groups excluding tert-OH is 1. The number of carboxylic acids is 1. The Morgan fingerprint density at radius 2 is 1.17 bits per heavy atom. The van der Waals surface area contributed by atoms with Gasteiger partial charge >= 0.3 is 55.6 Å². The van der Waals surface area contributed by atoms with E-state index in [1.165, 1.54) is 13.3 Å². The number of ether oxygens (including phenoxy) is 3. The molecule has 0 atom stereocenters. The van der Waals surface area contributed by atoms with Crippen molar-refractivity contribution in [2.45, 2.75) is 13.8 Å². The number of halogens is 1. The van der Waals surface area contributed by atoms with Crippen LogP contribution < -0.4 is 82.6 Å². The summed E-state index contributed by atoms with van der Waals surface area (Å²) in [7, 11) is 2.36. The number of quaternary nitrogens is 1. The van der Waals surface area contributed by atoms with Crippen LogP contribution in [0, 0.1) is 0 Å². The summed E-state index contributed by atoms with van der Waals surface area (Å²) in [5.74, 6) is -2.55. The monoisotopic (exact) mass is 777 g/mol. The zero-order valence-electron chi connectivity index (χ0n) is 31.0. The number of methoxy groups -OCH3 is 1.